The van der Waals surface area contributed by atoms with Crippen LogP contribution in [-0.2, 0) is 19.5 Å². The molecule has 1 aliphatic heterocycles. The number of methoxy groups -OCH3 is 1. The van der Waals surface area contributed by atoms with Gasteiger partial charge in [-0.05, 0) is 25.1 Å². The van der Waals surface area contributed by atoms with Gasteiger partial charge in [0.25, 0.3) is 5.91 Å². The van der Waals surface area contributed by atoms with E-state index in [9.17, 15) is 18.0 Å². The molecule has 1 heterocycles. The Bertz CT molecular complexity index is 760. The Kier molecular flexibility index (Phi) is 7.57. The number of rotatable bonds is 7. The van der Waals surface area contributed by atoms with Crippen LogP contribution in [0.1, 0.15) is 17.3 Å². The van der Waals surface area contributed by atoms with Crippen LogP contribution >= 0.6 is 0 Å². The van der Waals surface area contributed by atoms with Gasteiger partial charge in [0.2, 0.25) is 10.0 Å². The molecule has 0 radical (unpaired) electrons. The minimum absolute atomic E-state index is 0.0228. The zero-order chi connectivity index (χ0) is 19.9. The van der Waals surface area contributed by atoms with E-state index < -0.39 is 10.0 Å². The minimum Gasteiger partial charge on any atom is -0.450 e. The van der Waals surface area contributed by atoms with Crippen molar-refractivity contribution in [2.75, 3.05) is 53.0 Å². The Morgan fingerprint density at radius 3 is 2.44 bits per heavy atom. The van der Waals surface area contributed by atoms with Crippen molar-refractivity contribution in [1.82, 2.24) is 14.5 Å². The van der Waals surface area contributed by atoms with Crippen molar-refractivity contribution in [2.24, 2.45) is 0 Å². The maximum atomic E-state index is 12.7. The first-order chi connectivity index (χ1) is 12.9. The topological polar surface area (TPSA) is 105 Å². The van der Waals surface area contributed by atoms with E-state index in [1.54, 1.807) is 22.8 Å². The summed E-state index contributed by atoms with van der Waals surface area (Å²) in [7, 11) is -2.23. The van der Waals surface area contributed by atoms with Gasteiger partial charge in [0.05, 0.1) is 18.1 Å². The van der Waals surface area contributed by atoms with Gasteiger partial charge in [0, 0.05) is 45.4 Å². The van der Waals surface area contributed by atoms with Gasteiger partial charge in [-0.3, -0.25) is 4.79 Å². The molecule has 1 fully saturated rings. The predicted molar refractivity (Wildman–Crippen MR) is 98.0 cm³/mol. The Morgan fingerprint density at radius 1 is 1.15 bits per heavy atom. The van der Waals surface area contributed by atoms with Crippen LogP contribution in [0, 0.1) is 0 Å². The third-order valence-corrected chi connectivity index (χ3v) is 5.54. The molecule has 1 N–H and O–H groups in total. The van der Waals surface area contributed by atoms with Crippen LogP contribution < -0.4 is 4.72 Å². The van der Waals surface area contributed by atoms with E-state index in [1.807, 2.05) is 0 Å². The van der Waals surface area contributed by atoms with E-state index >= 15 is 0 Å². The average Bonchev–Trinajstić information content (AvgIpc) is 2.68. The van der Waals surface area contributed by atoms with Gasteiger partial charge < -0.3 is 19.3 Å². The van der Waals surface area contributed by atoms with Gasteiger partial charge in [0.1, 0.15) is 0 Å². The molecular formula is C17H25N3O6S. The average molecular weight is 399 g/mol. The van der Waals surface area contributed by atoms with E-state index in [4.69, 9.17) is 9.47 Å². The summed E-state index contributed by atoms with van der Waals surface area (Å²) in [6, 6.07) is 5.90. The molecule has 10 heteroatoms. The summed E-state index contributed by atoms with van der Waals surface area (Å²) in [6.07, 6.45) is -0.389. The molecule has 1 aromatic rings. The van der Waals surface area contributed by atoms with E-state index in [2.05, 4.69) is 4.72 Å². The summed E-state index contributed by atoms with van der Waals surface area (Å²) in [6.45, 7) is 3.92. The van der Waals surface area contributed by atoms with Crippen molar-refractivity contribution in [1.29, 1.82) is 0 Å². The predicted octanol–water partition coefficient (Wildman–Crippen LogP) is 0.526. The van der Waals surface area contributed by atoms with Gasteiger partial charge in [0.15, 0.2) is 0 Å². The first kappa shape index (κ1) is 21.1. The number of nitrogens with one attached hydrogen (secondary N) is 1. The first-order valence-electron chi connectivity index (χ1n) is 8.68. The van der Waals surface area contributed by atoms with Gasteiger partial charge in [-0.1, -0.05) is 6.07 Å². The Morgan fingerprint density at radius 2 is 1.81 bits per heavy atom. The molecule has 1 aliphatic rings. The third-order valence-electron chi connectivity index (χ3n) is 4.08. The number of piperazine rings is 1. The van der Waals surface area contributed by atoms with Crippen LogP contribution in [0.5, 0.6) is 0 Å². The van der Waals surface area contributed by atoms with Gasteiger partial charge in [-0.25, -0.2) is 17.9 Å². The second kappa shape index (κ2) is 9.67. The number of carbonyl (C=O) groups is 2. The lowest BCUT2D eigenvalue weighted by Gasteiger charge is -2.34. The zero-order valence-electron chi connectivity index (χ0n) is 15.5. The van der Waals surface area contributed by atoms with Crippen molar-refractivity contribution in [3.63, 3.8) is 0 Å². The SMILES string of the molecule is CCOC(=O)N1CCN(C(=O)c2cccc(S(=O)(=O)NCCOC)c2)CC1. The second-order valence-electron chi connectivity index (χ2n) is 5.90. The van der Waals surface area contributed by atoms with Crippen LogP contribution in [0.3, 0.4) is 0 Å². The molecule has 27 heavy (non-hydrogen) atoms. The van der Waals surface area contributed by atoms with Crippen molar-refractivity contribution in [3.05, 3.63) is 29.8 Å². The summed E-state index contributed by atoms with van der Waals surface area (Å²) in [5, 5.41) is 0. The van der Waals surface area contributed by atoms with Crippen LogP contribution in [0.4, 0.5) is 4.79 Å². The lowest BCUT2D eigenvalue weighted by molar-refractivity contribution is 0.0570. The van der Waals surface area contributed by atoms with Crippen LogP contribution in [0.25, 0.3) is 0 Å². The van der Waals surface area contributed by atoms with Gasteiger partial charge in [-0.2, -0.15) is 0 Å². The molecule has 0 aromatic heterocycles. The second-order valence-corrected chi connectivity index (χ2v) is 7.66. The molecule has 0 aliphatic carbocycles. The maximum absolute atomic E-state index is 12.7. The molecule has 0 saturated carbocycles. The molecule has 2 amide bonds. The van der Waals surface area contributed by atoms with Crippen LogP contribution in [-0.4, -0.2) is 83.3 Å². The number of amides is 2. The van der Waals surface area contributed by atoms with Crippen molar-refractivity contribution in [2.45, 2.75) is 11.8 Å². The molecular weight excluding hydrogens is 374 g/mol. The molecule has 2 rings (SSSR count). The van der Waals surface area contributed by atoms with Crippen LogP contribution in [0.2, 0.25) is 0 Å². The number of benzene rings is 1. The smallest absolute Gasteiger partial charge is 0.409 e. The zero-order valence-corrected chi connectivity index (χ0v) is 16.3. The third kappa shape index (κ3) is 5.65. The molecule has 1 aromatic carbocycles. The van der Waals surface area contributed by atoms with Crippen molar-refractivity contribution in [3.8, 4) is 0 Å². The molecule has 150 valence electrons. The molecule has 0 unspecified atom stereocenters. The van der Waals surface area contributed by atoms with Crippen LogP contribution in [0.15, 0.2) is 29.2 Å². The van der Waals surface area contributed by atoms with E-state index in [1.165, 1.54) is 25.3 Å². The highest BCUT2D eigenvalue weighted by Crippen LogP contribution is 2.15. The first-order valence-corrected chi connectivity index (χ1v) is 10.2. The molecule has 9 nitrogen and oxygen atoms in total. The molecule has 0 spiro atoms. The highest BCUT2D eigenvalue weighted by atomic mass is 32.2. The number of sulfonamides is 1. The van der Waals surface area contributed by atoms with E-state index in [0.717, 1.165) is 0 Å². The quantitative estimate of drug-likeness (QED) is 0.671. The van der Waals surface area contributed by atoms with Gasteiger partial charge in [-0.15, -0.1) is 0 Å². The number of nitrogens with zero attached hydrogens (tertiary/aromatic N) is 2. The van der Waals surface area contributed by atoms with E-state index in [0.29, 0.717) is 32.8 Å². The summed E-state index contributed by atoms with van der Waals surface area (Å²) < 4.78 is 36.8. The number of carbonyl (C=O) groups excluding carboxylic acids is 2. The molecule has 1 saturated heterocycles. The summed E-state index contributed by atoms with van der Waals surface area (Å²) >= 11 is 0. The summed E-state index contributed by atoms with van der Waals surface area (Å²) in [4.78, 5) is 27.6. The molecule has 0 atom stereocenters. The van der Waals surface area contributed by atoms with Crippen molar-refractivity contribution < 1.29 is 27.5 Å². The fraction of sp³-hybridized carbons (Fsp3) is 0.529. The Balaban J connectivity index is 2.02. The lowest BCUT2D eigenvalue weighted by atomic mass is 10.2. The lowest BCUT2D eigenvalue weighted by Crippen LogP contribution is -2.50. The number of hydrogen-bond donors (Lipinski definition) is 1. The Labute approximate surface area is 159 Å². The van der Waals surface area contributed by atoms with Crippen molar-refractivity contribution >= 4 is 22.0 Å². The highest BCUT2D eigenvalue weighted by molar-refractivity contribution is 7.89. The summed E-state index contributed by atoms with van der Waals surface area (Å²) in [5.74, 6) is -0.271. The van der Waals surface area contributed by atoms with E-state index in [-0.39, 0.29) is 35.6 Å². The molecule has 0 bridgehead atoms. The monoisotopic (exact) mass is 399 g/mol. The number of hydrogen-bond acceptors (Lipinski definition) is 6. The van der Waals surface area contributed by atoms with Gasteiger partial charge >= 0.3 is 6.09 Å². The summed E-state index contributed by atoms with van der Waals surface area (Å²) in [5.41, 5.74) is 0.286. The fourth-order valence-corrected chi connectivity index (χ4v) is 3.71. The standard InChI is InChI=1S/C17H25N3O6S/c1-3-26-17(22)20-10-8-19(9-11-20)16(21)14-5-4-6-15(13-14)27(23,24)18-7-12-25-2/h4-6,13,18H,3,7-12H2,1-2H3. The Hall–Kier alpha value is -2.17. The number of ether oxygens (including phenoxy) is 2. The highest BCUT2D eigenvalue weighted by Gasteiger charge is 2.26. The largest absolute Gasteiger partial charge is 0.450 e. The maximum Gasteiger partial charge on any atom is 0.409 e. The fourth-order valence-electron chi connectivity index (χ4n) is 2.65. The minimum atomic E-state index is -3.72. The normalized spacial score (nSPS) is 14.9.